The fourth-order valence-electron chi connectivity index (χ4n) is 1.21. The molecule has 0 aromatic heterocycles. The van der Waals surface area contributed by atoms with Crippen molar-refractivity contribution in [2.75, 3.05) is 19.3 Å². The fourth-order valence-corrected chi connectivity index (χ4v) is 2.29. The Hall–Kier alpha value is -0.130. The van der Waals surface area contributed by atoms with Gasteiger partial charge in [0.05, 0.1) is 6.26 Å². The number of nitrogens with one attached hydrogen (secondary N) is 2. The molecule has 0 aromatic rings. The first-order valence-electron chi connectivity index (χ1n) is 4.82. The zero-order valence-electron chi connectivity index (χ0n) is 9.72. The van der Waals surface area contributed by atoms with Crippen LogP contribution in [0.5, 0.6) is 0 Å². The summed E-state index contributed by atoms with van der Waals surface area (Å²) in [6.07, 6.45) is 1.18. The van der Waals surface area contributed by atoms with Crippen LogP contribution in [0.3, 0.4) is 0 Å². The van der Waals surface area contributed by atoms with Crippen LogP contribution in [-0.2, 0) is 10.0 Å². The third kappa shape index (κ3) is 8.47. The van der Waals surface area contributed by atoms with E-state index in [0.29, 0.717) is 12.5 Å². The van der Waals surface area contributed by atoms with Gasteiger partial charge in [0.25, 0.3) is 0 Å². The zero-order chi connectivity index (χ0) is 11.4. The molecular formula is C9H22N2O2S. The summed E-state index contributed by atoms with van der Waals surface area (Å²) in [5.41, 5.74) is -0.428. The summed E-state index contributed by atoms with van der Waals surface area (Å²) >= 11 is 0. The molecule has 0 amide bonds. The topological polar surface area (TPSA) is 58.2 Å². The Balaban J connectivity index is 3.96. The first kappa shape index (κ1) is 13.9. The molecule has 0 aliphatic carbocycles. The van der Waals surface area contributed by atoms with Gasteiger partial charge in [0.1, 0.15) is 0 Å². The van der Waals surface area contributed by atoms with E-state index in [9.17, 15) is 8.42 Å². The number of rotatable bonds is 6. The Morgan fingerprint density at radius 1 is 1.29 bits per heavy atom. The lowest BCUT2D eigenvalue weighted by Gasteiger charge is -2.25. The summed E-state index contributed by atoms with van der Waals surface area (Å²) in [4.78, 5) is 0. The van der Waals surface area contributed by atoms with Crippen molar-refractivity contribution < 1.29 is 8.42 Å². The van der Waals surface area contributed by atoms with Gasteiger partial charge in [-0.25, -0.2) is 13.1 Å². The molecule has 0 bridgehead atoms. The van der Waals surface area contributed by atoms with Gasteiger partial charge >= 0.3 is 0 Å². The number of hydrogen-bond acceptors (Lipinski definition) is 3. The highest BCUT2D eigenvalue weighted by atomic mass is 32.2. The van der Waals surface area contributed by atoms with E-state index in [4.69, 9.17) is 0 Å². The maximum atomic E-state index is 11.0. The molecule has 0 unspecified atom stereocenters. The average molecular weight is 222 g/mol. The normalized spacial score (nSPS) is 13.6. The molecule has 14 heavy (non-hydrogen) atoms. The van der Waals surface area contributed by atoms with Crippen LogP contribution in [0.15, 0.2) is 0 Å². The van der Waals surface area contributed by atoms with E-state index < -0.39 is 15.6 Å². The van der Waals surface area contributed by atoms with Gasteiger partial charge in [-0.1, -0.05) is 13.8 Å². The van der Waals surface area contributed by atoms with E-state index in [1.165, 1.54) is 6.26 Å². The highest BCUT2D eigenvalue weighted by molar-refractivity contribution is 7.88. The zero-order valence-corrected chi connectivity index (χ0v) is 10.5. The molecule has 0 aromatic carbocycles. The Kier molecular flexibility index (Phi) is 5.05. The molecule has 0 saturated carbocycles. The van der Waals surface area contributed by atoms with Crippen molar-refractivity contribution in [1.82, 2.24) is 10.0 Å². The van der Waals surface area contributed by atoms with Crippen LogP contribution in [0, 0.1) is 5.92 Å². The predicted octanol–water partition coefficient (Wildman–Crippen LogP) is 0.560. The van der Waals surface area contributed by atoms with Crippen LogP contribution in [0.2, 0.25) is 0 Å². The molecule has 0 radical (unpaired) electrons. The van der Waals surface area contributed by atoms with E-state index in [0.717, 1.165) is 6.54 Å². The summed E-state index contributed by atoms with van der Waals surface area (Å²) in [6.45, 7) is 9.49. The Morgan fingerprint density at radius 2 is 1.79 bits per heavy atom. The lowest BCUT2D eigenvalue weighted by atomic mass is 10.1. The van der Waals surface area contributed by atoms with Crippen LogP contribution in [0.4, 0.5) is 0 Å². The van der Waals surface area contributed by atoms with Crippen molar-refractivity contribution in [1.29, 1.82) is 0 Å². The van der Waals surface area contributed by atoms with E-state index in [1.807, 2.05) is 13.8 Å². The lowest BCUT2D eigenvalue weighted by molar-refractivity contribution is 0.407. The van der Waals surface area contributed by atoms with Crippen LogP contribution in [0.25, 0.3) is 0 Å². The highest BCUT2D eigenvalue weighted by Gasteiger charge is 2.21. The summed E-state index contributed by atoms with van der Waals surface area (Å²) < 4.78 is 24.6. The highest BCUT2D eigenvalue weighted by Crippen LogP contribution is 2.02. The Bertz CT molecular complexity index is 258. The summed E-state index contributed by atoms with van der Waals surface area (Å²) in [6, 6.07) is 0. The van der Waals surface area contributed by atoms with Crippen molar-refractivity contribution in [3.8, 4) is 0 Å². The minimum Gasteiger partial charge on any atom is -0.315 e. The second kappa shape index (κ2) is 5.09. The molecule has 0 aliphatic rings. The van der Waals surface area contributed by atoms with E-state index in [-0.39, 0.29) is 0 Å². The van der Waals surface area contributed by atoms with Crippen molar-refractivity contribution in [2.24, 2.45) is 5.92 Å². The SMILES string of the molecule is CC(C)CNCC(C)(C)NS(C)(=O)=O. The summed E-state index contributed by atoms with van der Waals surface area (Å²) in [7, 11) is -3.12. The second-order valence-electron chi connectivity index (χ2n) is 4.78. The van der Waals surface area contributed by atoms with Crippen molar-refractivity contribution in [3.63, 3.8) is 0 Å². The van der Waals surface area contributed by atoms with Gasteiger partial charge in [-0.3, -0.25) is 0 Å². The molecule has 5 heteroatoms. The molecular weight excluding hydrogens is 200 g/mol. The van der Waals surface area contributed by atoms with Crippen LogP contribution >= 0.6 is 0 Å². The second-order valence-corrected chi connectivity index (χ2v) is 6.53. The quantitative estimate of drug-likeness (QED) is 0.690. The van der Waals surface area contributed by atoms with Gasteiger partial charge in [0.15, 0.2) is 0 Å². The third-order valence-electron chi connectivity index (χ3n) is 1.58. The Morgan fingerprint density at radius 3 is 2.14 bits per heavy atom. The van der Waals surface area contributed by atoms with Gasteiger partial charge in [-0.2, -0.15) is 0 Å². The van der Waals surface area contributed by atoms with Gasteiger partial charge in [-0.15, -0.1) is 0 Å². The lowest BCUT2D eigenvalue weighted by Crippen LogP contribution is -2.50. The van der Waals surface area contributed by atoms with E-state index in [1.54, 1.807) is 0 Å². The predicted molar refractivity (Wildman–Crippen MR) is 59.8 cm³/mol. The van der Waals surface area contributed by atoms with Crippen molar-refractivity contribution >= 4 is 10.0 Å². The monoisotopic (exact) mass is 222 g/mol. The smallest absolute Gasteiger partial charge is 0.209 e. The average Bonchev–Trinajstić information content (AvgIpc) is 1.78. The molecule has 0 fully saturated rings. The molecule has 0 aliphatic heterocycles. The standard InChI is InChI=1S/C9H22N2O2S/c1-8(2)6-10-7-9(3,4)11-14(5,12)13/h8,10-11H,6-7H2,1-5H3. The van der Waals surface area contributed by atoms with Gasteiger partial charge in [-0.05, 0) is 26.3 Å². The van der Waals surface area contributed by atoms with Gasteiger partial charge in [0.2, 0.25) is 10.0 Å². The number of hydrogen-bond donors (Lipinski definition) is 2. The maximum Gasteiger partial charge on any atom is 0.209 e. The van der Waals surface area contributed by atoms with Gasteiger partial charge < -0.3 is 5.32 Å². The molecule has 0 heterocycles. The maximum absolute atomic E-state index is 11.0. The van der Waals surface area contributed by atoms with E-state index >= 15 is 0 Å². The molecule has 2 N–H and O–H groups in total. The molecule has 0 atom stereocenters. The van der Waals surface area contributed by atoms with Crippen LogP contribution in [0.1, 0.15) is 27.7 Å². The summed E-state index contributed by atoms with van der Waals surface area (Å²) in [5.74, 6) is 0.573. The summed E-state index contributed by atoms with van der Waals surface area (Å²) in [5, 5.41) is 3.22. The number of sulfonamides is 1. The molecule has 0 spiro atoms. The van der Waals surface area contributed by atoms with Crippen molar-refractivity contribution in [2.45, 2.75) is 33.2 Å². The molecule has 4 nitrogen and oxygen atoms in total. The minimum absolute atomic E-state index is 0.428. The molecule has 86 valence electrons. The molecule has 0 saturated heterocycles. The largest absolute Gasteiger partial charge is 0.315 e. The molecule has 0 rings (SSSR count). The van der Waals surface area contributed by atoms with Crippen LogP contribution in [-0.4, -0.2) is 33.3 Å². The third-order valence-corrected chi connectivity index (χ3v) is 2.50. The van der Waals surface area contributed by atoms with Crippen LogP contribution < -0.4 is 10.0 Å². The minimum atomic E-state index is -3.12. The van der Waals surface area contributed by atoms with Gasteiger partial charge in [0, 0.05) is 12.1 Å². The Labute approximate surface area is 87.5 Å². The fraction of sp³-hybridized carbons (Fsp3) is 1.00. The first-order chi connectivity index (χ1) is 6.12. The van der Waals surface area contributed by atoms with Crippen molar-refractivity contribution in [3.05, 3.63) is 0 Å². The first-order valence-corrected chi connectivity index (χ1v) is 6.71. The van der Waals surface area contributed by atoms with E-state index in [2.05, 4.69) is 23.9 Å².